The van der Waals surface area contributed by atoms with Gasteiger partial charge >= 0.3 is 12.1 Å². The van der Waals surface area contributed by atoms with Gasteiger partial charge in [0.2, 0.25) is 0 Å². The zero-order valence-corrected chi connectivity index (χ0v) is 12.4. The summed E-state index contributed by atoms with van der Waals surface area (Å²) in [4.78, 5) is 24.6. The number of carboxylic acid groups (broad SMARTS) is 1. The topological polar surface area (TPSA) is 76.1 Å². The lowest BCUT2D eigenvalue weighted by Gasteiger charge is -2.35. The molecule has 110 valence electrons. The van der Waals surface area contributed by atoms with E-state index >= 15 is 0 Å². The van der Waals surface area contributed by atoms with Gasteiger partial charge in [0, 0.05) is 5.41 Å². The van der Waals surface area contributed by atoms with Gasteiger partial charge in [0.05, 0.1) is 6.61 Å². The third-order valence-electron chi connectivity index (χ3n) is 2.63. The molecule has 1 rings (SSSR count). The highest BCUT2D eigenvalue weighted by Gasteiger charge is 2.48. The largest absolute Gasteiger partial charge is 0.480 e. The van der Waals surface area contributed by atoms with Gasteiger partial charge in [-0.2, -0.15) is 0 Å². The van der Waals surface area contributed by atoms with Crippen LogP contribution in [0.25, 0.3) is 0 Å². The Balaban J connectivity index is 2.99. The second-order valence-electron chi connectivity index (χ2n) is 6.79. The summed E-state index contributed by atoms with van der Waals surface area (Å²) in [5.74, 6) is -1.09. The van der Waals surface area contributed by atoms with E-state index in [9.17, 15) is 14.7 Å². The minimum Gasteiger partial charge on any atom is -0.480 e. The lowest BCUT2D eigenvalue weighted by Crippen LogP contribution is -2.51. The van der Waals surface area contributed by atoms with Crippen molar-refractivity contribution in [2.45, 2.75) is 59.4 Å². The molecule has 19 heavy (non-hydrogen) atoms. The number of amides is 1. The van der Waals surface area contributed by atoms with Gasteiger partial charge < -0.3 is 14.6 Å². The molecule has 0 aliphatic carbocycles. The molecule has 1 aliphatic heterocycles. The summed E-state index contributed by atoms with van der Waals surface area (Å²) in [7, 11) is 0. The van der Waals surface area contributed by atoms with Crippen molar-refractivity contribution in [1.29, 1.82) is 0 Å². The fourth-order valence-corrected chi connectivity index (χ4v) is 1.90. The maximum absolute atomic E-state index is 12.2. The van der Waals surface area contributed by atoms with Crippen LogP contribution in [0.4, 0.5) is 4.79 Å². The summed E-state index contributed by atoms with van der Waals surface area (Å²) < 4.78 is 10.8. The van der Waals surface area contributed by atoms with E-state index in [2.05, 4.69) is 0 Å². The van der Waals surface area contributed by atoms with Gasteiger partial charge in [-0.25, -0.2) is 9.59 Å². The van der Waals surface area contributed by atoms with Crippen molar-refractivity contribution in [3.05, 3.63) is 0 Å². The van der Waals surface area contributed by atoms with Gasteiger partial charge in [0.15, 0.2) is 6.04 Å². The molecule has 0 aromatic heterocycles. The second-order valence-corrected chi connectivity index (χ2v) is 6.79. The molecule has 6 heteroatoms. The number of carboxylic acids is 1. The molecule has 1 saturated heterocycles. The lowest BCUT2D eigenvalue weighted by atomic mass is 9.93. The number of nitrogens with zero attached hydrogens (tertiary/aromatic N) is 1. The van der Waals surface area contributed by atoms with Crippen LogP contribution in [0.1, 0.15) is 41.5 Å². The summed E-state index contributed by atoms with van der Waals surface area (Å²) in [6.07, 6.45) is -1.26. The molecule has 1 aliphatic rings. The number of rotatable bonds is 1. The standard InChI is InChI=1S/C13H23NO5/c1-12(2,3)10-14(8(7-18-10)9(15)16)11(17)19-13(4,5)6/h8,10H,7H2,1-6H3,(H,15,16)/t8-,10+/m0/s1. The summed E-state index contributed by atoms with van der Waals surface area (Å²) in [5, 5.41) is 9.18. The maximum Gasteiger partial charge on any atom is 0.413 e. The monoisotopic (exact) mass is 273 g/mol. The van der Waals surface area contributed by atoms with E-state index in [1.807, 2.05) is 20.8 Å². The van der Waals surface area contributed by atoms with E-state index in [0.29, 0.717) is 0 Å². The highest BCUT2D eigenvalue weighted by molar-refractivity contribution is 5.81. The van der Waals surface area contributed by atoms with Crippen LogP contribution in [0.5, 0.6) is 0 Å². The minimum atomic E-state index is -1.09. The smallest absolute Gasteiger partial charge is 0.413 e. The van der Waals surface area contributed by atoms with E-state index in [1.165, 1.54) is 4.90 Å². The minimum absolute atomic E-state index is 0.0173. The van der Waals surface area contributed by atoms with Crippen molar-refractivity contribution in [3.63, 3.8) is 0 Å². The van der Waals surface area contributed by atoms with E-state index in [4.69, 9.17) is 9.47 Å². The van der Waals surface area contributed by atoms with Crippen LogP contribution in [0.2, 0.25) is 0 Å². The van der Waals surface area contributed by atoms with Gasteiger partial charge in [-0.15, -0.1) is 0 Å². The zero-order chi connectivity index (χ0) is 15.0. The number of carbonyl (C=O) groups is 2. The van der Waals surface area contributed by atoms with Crippen molar-refractivity contribution >= 4 is 12.1 Å². The molecule has 1 heterocycles. The molecular formula is C13H23NO5. The molecule has 0 saturated carbocycles. The van der Waals surface area contributed by atoms with Crippen molar-refractivity contribution < 1.29 is 24.2 Å². The average molecular weight is 273 g/mol. The summed E-state index contributed by atoms with van der Waals surface area (Å²) in [6, 6.07) is -1.00. The van der Waals surface area contributed by atoms with Gasteiger partial charge in [-0.05, 0) is 20.8 Å². The lowest BCUT2D eigenvalue weighted by molar-refractivity contribution is -0.142. The van der Waals surface area contributed by atoms with E-state index in [-0.39, 0.29) is 12.0 Å². The Hall–Kier alpha value is -1.30. The SMILES string of the molecule is CC(C)(C)OC(=O)N1[C@H](C(=O)O)CO[C@@H]1C(C)(C)C. The van der Waals surface area contributed by atoms with E-state index in [0.717, 1.165) is 0 Å². The van der Waals surface area contributed by atoms with Crippen LogP contribution >= 0.6 is 0 Å². The first kappa shape index (κ1) is 15.8. The normalized spacial score (nSPS) is 24.4. The van der Waals surface area contributed by atoms with Crippen LogP contribution in [0.3, 0.4) is 0 Å². The summed E-state index contributed by atoms with van der Waals surface area (Å²) in [6.45, 7) is 10.9. The van der Waals surface area contributed by atoms with Crippen LogP contribution in [0.15, 0.2) is 0 Å². The van der Waals surface area contributed by atoms with E-state index in [1.54, 1.807) is 20.8 Å². The Morgan fingerprint density at radius 1 is 1.21 bits per heavy atom. The fraction of sp³-hybridized carbons (Fsp3) is 0.846. The molecular weight excluding hydrogens is 250 g/mol. The Bertz CT molecular complexity index is 366. The van der Waals surface area contributed by atoms with E-state index < -0.39 is 29.9 Å². The first-order valence-corrected chi connectivity index (χ1v) is 6.29. The number of hydrogen-bond acceptors (Lipinski definition) is 4. The molecule has 1 N–H and O–H groups in total. The highest BCUT2D eigenvalue weighted by atomic mass is 16.6. The Labute approximate surface area is 113 Å². The highest BCUT2D eigenvalue weighted by Crippen LogP contribution is 2.33. The molecule has 0 unspecified atom stereocenters. The van der Waals surface area contributed by atoms with Crippen molar-refractivity contribution in [3.8, 4) is 0 Å². The molecule has 0 bridgehead atoms. The van der Waals surface area contributed by atoms with Crippen molar-refractivity contribution in [2.24, 2.45) is 5.41 Å². The van der Waals surface area contributed by atoms with Gasteiger partial charge in [0.1, 0.15) is 11.8 Å². The number of hydrogen-bond donors (Lipinski definition) is 1. The Kier molecular flexibility index (Phi) is 4.14. The average Bonchev–Trinajstić information content (AvgIpc) is 2.57. The predicted molar refractivity (Wildman–Crippen MR) is 68.7 cm³/mol. The molecule has 6 nitrogen and oxygen atoms in total. The summed E-state index contributed by atoms with van der Waals surface area (Å²) in [5.41, 5.74) is -1.06. The fourth-order valence-electron chi connectivity index (χ4n) is 1.90. The quantitative estimate of drug-likeness (QED) is 0.791. The molecule has 2 atom stereocenters. The maximum atomic E-state index is 12.2. The number of carbonyl (C=O) groups excluding carboxylic acids is 1. The van der Waals surface area contributed by atoms with Gasteiger partial charge in [-0.3, -0.25) is 4.90 Å². The molecule has 0 aromatic rings. The third kappa shape index (κ3) is 3.83. The first-order valence-electron chi connectivity index (χ1n) is 6.29. The first-order chi connectivity index (χ1) is 8.43. The number of ether oxygens (including phenoxy) is 2. The second kappa shape index (κ2) is 5.00. The van der Waals surface area contributed by atoms with Crippen LogP contribution in [0, 0.1) is 5.41 Å². The zero-order valence-electron chi connectivity index (χ0n) is 12.4. The predicted octanol–water partition coefficient (Wildman–Crippen LogP) is 2.08. The third-order valence-corrected chi connectivity index (χ3v) is 2.63. The van der Waals surface area contributed by atoms with Crippen LogP contribution in [-0.2, 0) is 14.3 Å². The van der Waals surface area contributed by atoms with Crippen molar-refractivity contribution in [1.82, 2.24) is 4.90 Å². The molecule has 1 amide bonds. The van der Waals surface area contributed by atoms with Crippen LogP contribution < -0.4 is 0 Å². The van der Waals surface area contributed by atoms with Gasteiger partial charge in [-0.1, -0.05) is 20.8 Å². The van der Waals surface area contributed by atoms with Gasteiger partial charge in [0.25, 0.3) is 0 Å². The Morgan fingerprint density at radius 2 is 1.74 bits per heavy atom. The molecule has 0 radical (unpaired) electrons. The van der Waals surface area contributed by atoms with Crippen molar-refractivity contribution in [2.75, 3.05) is 6.61 Å². The number of aliphatic carboxylic acids is 1. The molecule has 0 aromatic carbocycles. The van der Waals surface area contributed by atoms with Crippen LogP contribution in [-0.4, -0.2) is 46.5 Å². The summed E-state index contributed by atoms with van der Waals surface area (Å²) >= 11 is 0. The molecule has 0 spiro atoms. The Morgan fingerprint density at radius 3 is 2.11 bits per heavy atom. The molecule has 1 fully saturated rings.